The molecule has 0 radical (unpaired) electrons. The van der Waals surface area contributed by atoms with Gasteiger partial charge >= 0.3 is 0 Å². The van der Waals surface area contributed by atoms with Crippen molar-refractivity contribution in [3.8, 4) is 0 Å². The van der Waals surface area contributed by atoms with Crippen LogP contribution in [0.3, 0.4) is 0 Å². The lowest BCUT2D eigenvalue weighted by atomic mass is 9.78. The predicted octanol–water partition coefficient (Wildman–Crippen LogP) is 1.25. The van der Waals surface area contributed by atoms with Crippen molar-refractivity contribution in [2.24, 2.45) is 16.6 Å². The molecular weight excluding hydrogens is 244 g/mol. The van der Waals surface area contributed by atoms with E-state index in [0.29, 0.717) is 5.92 Å². The van der Waals surface area contributed by atoms with Crippen molar-refractivity contribution < 1.29 is 0 Å². The van der Waals surface area contributed by atoms with E-state index in [2.05, 4.69) is 39.6 Å². The van der Waals surface area contributed by atoms with Crippen molar-refractivity contribution in [3.63, 3.8) is 0 Å². The fraction of sp³-hybridized carbons (Fsp3) is 0.615. The van der Waals surface area contributed by atoms with E-state index in [4.69, 9.17) is 5.73 Å². The highest BCUT2D eigenvalue weighted by Crippen LogP contribution is 2.36. The summed E-state index contributed by atoms with van der Waals surface area (Å²) in [7, 11) is 0. The van der Waals surface area contributed by atoms with Crippen LogP contribution in [-0.2, 0) is 6.54 Å². The number of nitrogens with zero attached hydrogens (tertiary/aromatic N) is 2. The smallest absolute Gasteiger partial charge is 0.192 e. The highest BCUT2D eigenvalue weighted by molar-refractivity contribution is 7.09. The molecule has 0 aromatic carbocycles. The second-order valence-corrected chi connectivity index (χ2v) is 6.33. The Bertz CT molecular complexity index is 442. The SMILES string of the molecule is CC1CNCCC12CN=C(N)N2Cc1cccs1. The molecule has 0 bridgehead atoms. The second kappa shape index (κ2) is 4.55. The molecule has 2 unspecified atom stereocenters. The predicted molar refractivity (Wildman–Crippen MR) is 75.7 cm³/mol. The van der Waals surface area contributed by atoms with Crippen molar-refractivity contribution in [1.29, 1.82) is 0 Å². The van der Waals surface area contributed by atoms with Crippen molar-refractivity contribution >= 4 is 17.3 Å². The van der Waals surface area contributed by atoms with E-state index in [0.717, 1.165) is 38.6 Å². The lowest BCUT2D eigenvalue weighted by molar-refractivity contribution is 0.0886. The molecule has 2 atom stereocenters. The molecule has 3 rings (SSSR count). The van der Waals surface area contributed by atoms with Crippen molar-refractivity contribution in [3.05, 3.63) is 22.4 Å². The van der Waals surface area contributed by atoms with E-state index in [9.17, 15) is 0 Å². The maximum atomic E-state index is 6.12. The first kappa shape index (κ1) is 12.0. The molecule has 1 aromatic heterocycles. The van der Waals surface area contributed by atoms with Gasteiger partial charge in [-0.2, -0.15) is 0 Å². The fourth-order valence-corrected chi connectivity index (χ4v) is 3.80. The maximum Gasteiger partial charge on any atom is 0.192 e. The van der Waals surface area contributed by atoms with Gasteiger partial charge in [-0.15, -0.1) is 11.3 Å². The van der Waals surface area contributed by atoms with Crippen molar-refractivity contribution in [2.75, 3.05) is 19.6 Å². The fourth-order valence-electron chi connectivity index (χ4n) is 3.11. The molecule has 3 heterocycles. The maximum absolute atomic E-state index is 6.12. The van der Waals surface area contributed by atoms with Gasteiger partial charge in [-0.05, 0) is 30.3 Å². The lowest BCUT2D eigenvalue weighted by Crippen LogP contribution is -2.60. The van der Waals surface area contributed by atoms with Crippen LogP contribution in [0.15, 0.2) is 22.5 Å². The van der Waals surface area contributed by atoms with Crippen LogP contribution in [0, 0.1) is 5.92 Å². The number of nitrogens with one attached hydrogen (secondary N) is 1. The number of rotatable bonds is 2. The topological polar surface area (TPSA) is 53.6 Å². The molecular formula is C13H20N4S. The molecule has 1 saturated heterocycles. The standard InChI is InChI=1S/C13H20N4S/c1-10-7-15-5-4-13(10)9-16-12(14)17(13)8-11-3-2-6-18-11/h2-3,6,10,15H,4-5,7-9H2,1H3,(H2,14,16). The third-order valence-electron chi connectivity index (χ3n) is 4.33. The molecule has 0 aliphatic carbocycles. The van der Waals surface area contributed by atoms with Crippen LogP contribution in [0.5, 0.6) is 0 Å². The molecule has 0 saturated carbocycles. The quantitative estimate of drug-likeness (QED) is 0.845. The van der Waals surface area contributed by atoms with Crippen LogP contribution in [-0.4, -0.2) is 36.0 Å². The van der Waals surface area contributed by atoms with Gasteiger partial charge in [0.1, 0.15) is 0 Å². The first-order valence-corrected chi connectivity index (χ1v) is 7.41. The zero-order chi connectivity index (χ0) is 12.6. The van der Waals surface area contributed by atoms with Gasteiger partial charge in [0, 0.05) is 11.4 Å². The molecule has 0 amide bonds. The minimum atomic E-state index is 0.138. The average Bonchev–Trinajstić information content (AvgIpc) is 2.97. The Morgan fingerprint density at radius 3 is 3.28 bits per heavy atom. The number of guanidine groups is 1. The summed E-state index contributed by atoms with van der Waals surface area (Å²) in [4.78, 5) is 8.22. The van der Waals surface area contributed by atoms with Crippen LogP contribution in [0.2, 0.25) is 0 Å². The molecule has 4 nitrogen and oxygen atoms in total. The van der Waals surface area contributed by atoms with Gasteiger partial charge in [0.25, 0.3) is 0 Å². The molecule has 18 heavy (non-hydrogen) atoms. The van der Waals surface area contributed by atoms with E-state index in [-0.39, 0.29) is 5.54 Å². The molecule has 3 N–H and O–H groups in total. The zero-order valence-electron chi connectivity index (χ0n) is 10.7. The Labute approximate surface area is 112 Å². The van der Waals surface area contributed by atoms with Gasteiger partial charge in [0.15, 0.2) is 5.96 Å². The average molecular weight is 264 g/mol. The van der Waals surface area contributed by atoms with Crippen LogP contribution >= 0.6 is 11.3 Å². The summed E-state index contributed by atoms with van der Waals surface area (Å²) < 4.78 is 0. The van der Waals surface area contributed by atoms with E-state index in [1.54, 1.807) is 11.3 Å². The Hall–Kier alpha value is -1.07. The molecule has 1 aromatic rings. The Balaban J connectivity index is 1.86. The molecule has 2 aliphatic heterocycles. The number of thiophene rings is 1. The van der Waals surface area contributed by atoms with Gasteiger partial charge in [-0.25, -0.2) is 0 Å². The Morgan fingerprint density at radius 1 is 1.67 bits per heavy atom. The zero-order valence-corrected chi connectivity index (χ0v) is 11.5. The first-order valence-electron chi connectivity index (χ1n) is 6.53. The number of piperidine rings is 1. The second-order valence-electron chi connectivity index (χ2n) is 5.30. The minimum absolute atomic E-state index is 0.138. The summed E-state index contributed by atoms with van der Waals surface area (Å²) in [5.74, 6) is 1.30. The summed E-state index contributed by atoms with van der Waals surface area (Å²) in [6.07, 6.45) is 1.13. The molecule has 98 valence electrons. The van der Waals surface area contributed by atoms with Gasteiger partial charge in [0.05, 0.1) is 18.6 Å². The number of hydrogen-bond donors (Lipinski definition) is 2. The van der Waals surface area contributed by atoms with Crippen LogP contribution < -0.4 is 11.1 Å². The van der Waals surface area contributed by atoms with Gasteiger partial charge < -0.3 is 16.0 Å². The first-order chi connectivity index (χ1) is 8.72. The molecule has 1 fully saturated rings. The van der Waals surface area contributed by atoms with E-state index in [1.807, 2.05) is 0 Å². The van der Waals surface area contributed by atoms with Crippen LogP contribution in [0.25, 0.3) is 0 Å². The Morgan fingerprint density at radius 2 is 2.56 bits per heavy atom. The van der Waals surface area contributed by atoms with E-state index >= 15 is 0 Å². The third-order valence-corrected chi connectivity index (χ3v) is 5.19. The number of aliphatic imine (C=N–C) groups is 1. The highest BCUT2D eigenvalue weighted by Gasteiger charge is 2.47. The van der Waals surface area contributed by atoms with Crippen LogP contribution in [0.4, 0.5) is 0 Å². The summed E-state index contributed by atoms with van der Waals surface area (Å²) in [6, 6.07) is 4.28. The molecule has 1 spiro atoms. The summed E-state index contributed by atoms with van der Waals surface area (Å²) in [5.41, 5.74) is 6.26. The number of hydrogen-bond acceptors (Lipinski definition) is 5. The van der Waals surface area contributed by atoms with Gasteiger partial charge in [-0.1, -0.05) is 13.0 Å². The summed E-state index contributed by atoms with van der Waals surface area (Å²) in [6.45, 7) is 6.18. The van der Waals surface area contributed by atoms with Crippen LogP contribution in [0.1, 0.15) is 18.2 Å². The van der Waals surface area contributed by atoms with E-state index in [1.165, 1.54) is 4.88 Å². The summed E-state index contributed by atoms with van der Waals surface area (Å²) >= 11 is 1.79. The molecule has 5 heteroatoms. The van der Waals surface area contributed by atoms with Crippen molar-refractivity contribution in [1.82, 2.24) is 10.2 Å². The Kier molecular flexibility index (Phi) is 3.03. The van der Waals surface area contributed by atoms with E-state index < -0.39 is 0 Å². The summed E-state index contributed by atoms with van der Waals surface area (Å²) in [5, 5.41) is 5.59. The lowest BCUT2D eigenvalue weighted by Gasteiger charge is -2.46. The van der Waals surface area contributed by atoms with Gasteiger partial charge in [0.2, 0.25) is 0 Å². The normalized spacial score (nSPS) is 31.9. The molecule has 2 aliphatic rings. The minimum Gasteiger partial charge on any atom is -0.370 e. The third kappa shape index (κ3) is 1.82. The van der Waals surface area contributed by atoms with Crippen molar-refractivity contribution in [2.45, 2.75) is 25.4 Å². The number of nitrogens with two attached hydrogens (primary N) is 1. The van der Waals surface area contributed by atoms with Gasteiger partial charge in [-0.3, -0.25) is 4.99 Å². The largest absolute Gasteiger partial charge is 0.370 e. The highest BCUT2D eigenvalue weighted by atomic mass is 32.1. The monoisotopic (exact) mass is 264 g/mol.